The lowest BCUT2D eigenvalue weighted by Gasteiger charge is -2.09. The minimum atomic E-state index is -4.54. The van der Waals surface area contributed by atoms with Gasteiger partial charge in [-0.3, -0.25) is 9.63 Å². The van der Waals surface area contributed by atoms with Crippen molar-refractivity contribution < 1.29 is 31.9 Å². The van der Waals surface area contributed by atoms with Crippen molar-refractivity contribution in [1.82, 2.24) is 5.48 Å². The van der Waals surface area contributed by atoms with E-state index in [2.05, 4.69) is 4.84 Å². The molecule has 1 rings (SSSR count). The minimum absolute atomic E-state index is 0.177. The van der Waals surface area contributed by atoms with Gasteiger partial charge in [-0.2, -0.15) is 13.2 Å². The SMILES string of the molecule is O=C(COc1ccccc1F)NOCC(F)(F)F. The molecule has 0 aromatic heterocycles. The first-order chi connectivity index (χ1) is 8.38. The van der Waals surface area contributed by atoms with Gasteiger partial charge in [0.2, 0.25) is 0 Å². The number of benzene rings is 1. The molecule has 4 nitrogen and oxygen atoms in total. The van der Waals surface area contributed by atoms with Crippen LogP contribution in [0.1, 0.15) is 0 Å². The number of hydrogen-bond acceptors (Lipinski definition) is 3. The topological polar surface area (TPSA) is 47.6 Å². The van der Waals surface area contributed by atoms with Crippen molar-refractivity contribution in [2.75, 3.05) is 13.2 Å². The zero-order valence-electron chi connectivity index (χ0n) is 8.96. The fourth-order valence-electron chi connectivity index (χ4n) is 0.933. The molecule has 18 heavy (non-hydrogen) atoms. The number of hydrogen-bond donors (Lipinski definition) is 1. The number of carbonyl (C=O) groups excluding carboxylic acids is 1. The van der Waals surface area contributed by atoms with Crippen molar-refractivity contribution >= 4 is 5.91 Å². The zero-order valence-corrected chi connectivity index (χ0v) is 8.96. The number of rotatable bonds is 5. The fourth-order valence-corrected chi connectivity index (χ4v) is 0.933. The van der Waals surface area contributed by atoms with Crippen molar-refractivity contribution in [1.29, 1.82) is 0 Å². The van der Waals surface area contributed by atoms with E-state index in [1.807, 2.05) is 0 Å². The summed E-state index contributed by atoms with van der Waals surface area (Å²) in [5, 5.41) is 0. The van der Waals surface area contributed by atoms with Gasteiger partial charge in [-0.1, -0.05) is 12.1 Å². The lowest BCUT2D eigenvalue weighted by Crippen LogP contribution is -2.32. The van der Waals surface area contributed by atoms with Crippen molar-refractivity contribution in [3.63, 3.8) is 0 Å². The molecule has 0 fully saturated rings. The van der Waals surface area contributed by atoms with Gasteiger partial charge in [0.15, 0.2) is 24.8 Å². The number of alkyl halides is 3. The van der Waals surface area contributed by atoms with Crippen molar-refractivity contribution in [2.45, 2.75) is 6.18 Å². The fraction of sp³-hybridized carbons (Fsp3) is 0.300. The smallest absolute Gasteiger partial charge is 0.414 e. The normalized spacial score (nSPS) is 11.1. The van der Waals surface area contributed by atoms with E-state index in [0.29, 0.717) is 0 Å². The summed E-state index contributed by atoms with van der Waals surface area (Å²) < 4.78 is 52.7. The highest BCUT2D eigenvalue weighted by atomic mass is 19.4. The van der Waals surface area contributed by atoms with Crippen LogP contribution in [0.4, 0.5) is 17.6 Å². The molecule has 0 aliphatic carbocycles. The predicted molar refractivity (Wildman–Crippen MR) is 52.0 cm³/mol. The molecule has 0 unspecified atom stereocenters. The minimum Gasteiger partial charge on any atom is -0.481 e. The molecule has 1 amide bonds. The average molecular weight is 267 g/mol. The second-order valence-electron chi connectivity index (χ2n) is 3.15. The van der Waals surface area contributed by atoms with Crippen molar-refractivity contribution in [2.24, 2.45) is 0 Å². The highest BCUT2D eigenvalue weighted by molar-refractivity contribution is 5.76. The number of hydroxylamine groups is 1. The zero-order chi connectivity index (χ0) is 13.6. The molecule has 8 heteroatoms. The average Bonchev–Trinajstić information content (AvgIpc) is 2.26. The van der Waals surface area contributed by atoms with Crippen LogP contribution in [0.25, 0.3) is 0 Å². The maximum atomic E-state index is 13.0. The van der Waals surface area contributed by atoms with Gasteiger partial charge in [0.1, 0.15) is 0 Å². The van der Waals surface area contributed by atoms with Crippen LogP contribution in [0.15, 0.2) is 24.3 Å². The molecule has 0 spiro atoms. The Morgan fingerprint density at radius 2 is 1.94 bits per heavy atom. The molecule has 0 aliphatic rings. The van der Waals surface area contributed by atoms with Crippen LogP contribution in [0.3, 0.4) is 0 Å². The number of halogens is 4. The summed E-state index contributed by atoms with van der Waals surface area (Å²) in [4.78, 5) is 14.8. The summed E-state index contributed by atoms with van der Waals surface area (Å²) >= 11 is 0. The molecule has 0 saturated heterocycles. The first-order valence-electron chi connectivity index (χ1n) is 4.73. The van der Waals surface area contributed by atoms with Gasteiger partial charge >= 0.3 is 6.18 Å². The Kier molecular flexibility index (Phi) is 4.90. The van der Waals surface area contributed by atoms with Gasteiger partial charge in [0.05, 0.1) is 0 Å². The molecular formula is C10H9F4NO3. The van der Waals surface area contributed by atoms with E-state index < -0.39 is 31.1 Å². The van der Waals surface area contributed by atoms with Gasteiger partial charge in [-0.25, -0.2) is 9.87 Å². The van der Waals surface area contributed by atoms with E-state index in [1.165, 1.54) is 23.7 Å². The molecule has 0 aliphatic heterocycles. The maximum Gasteiger partial charge on any atom is 0.414 e. The van der Waals surface area contributed by atoms with Crippen LogP contribution < -0.4 is 10.2 Å². The van der Waals surface area contributed by atoms with Crippen molar-refractivity contribution in [3.8, 4) is 5.75 Å². The number of para-hydroxylation sites is 1. The number of ether oxygens (including phenoxy) is 1. The third-order valence-corrected chi connectivity index (χ3v) is 1.62. The van der Waals surface area contributed by atoms with Crippen LogP contribution in [0, 0.1) is 5.82 Å². The number of nitrogens with one attached hydrogen (secondary N) is 1. The van der Waals surface area contributed by atoms with Gasteiger partial charge in [0, 0.05) is 0 Å². The quantitative estimate of drug-likeness (QED) is 0.654. The van der Waals surface area contributed by atoms with Gasteiger partial charge < -0.3 is 4.74 Å². The summed E-state index contributed by atoms with van der Waals surface area (Å²) in [5.41, 5.74) is 1.52. The number of carbonyl (C=O) groups is 1. The molecule has 1 N–H and O–H groups in total. The lowest BCUT2D eigenvalue weighted by atomic mass is 10.3. The lowest BCUT2D eigenvalue weighted by molar-refractivity contribution is -0.192. The first kappa shape index (κ1) is 14.2. The Labute approximate surface area is 99.4 Å². The molecule has 1 aromatic rings. The second kappa shape index (κ2) is 6.20. The Balaban J connectivity index is 2.28. The van der Waals surface area contributed by atoms with Crippen LogP contribution in [-0.2, 0) is 9.63 Å². The van der Waals surface area contributed by atoms with E-state index in [-0.39, 0.29) is 5.75 Å². The summed E-state index contributed by atoms with van der Waals surface area (Å²) in [6.45, 7) is -2.27. The largest absolute Gasteiger partial charge is 0.481 e. The molecule has 1 aromatic carbocycles. The standard InChI is InChI=1S/C10H9F4NO3/c11-7-3-1-2-4-8(7)17-5-9(16)15-18-6-10(12,13)14/h1-4H,5-6H2,(H,15,16). The monoisotopic (exact) mass is 267 g/mol. The molecule has 100 valence electrons. The molecular weight excluding hydrogens is 258 g/mol. The van der Waals surface area contributed by atoms with E-state index in [4.69, 9.17) is 4.74 Å². The van der Waals surface area contributed by atoms with Gasteiger partial charge in [-0.05, 0) is 12.1 Å². The molecule has 0 saturated carbocycles. The summed E-state index contributed by atoms with van der Waals surface area (Å²) in [5.74, 6) is -1.81. The first-order valence-corrected chi connectivity index (χ1v) is 4.73. The van der Waals surface area contributed by atoms with E-state index in [1.54, 1.807) is 0 Å². The maximum absolute atomic E-state index is 13.0. The highest BCUT2D eigenvalue weighted by Crippen LogP contribution is 2.15. The van der Waals surface area contributed by atoms with Crippen LogP contribution >= 0.6 is 0 Å². The Hall–Kier alpha value is -1.83. The molecule has 0 atom stereocenters. The van der Waals surface area contributed by atoms with E-state index in [0.717, 1.165) is 6.07 Å². The highest BCUT2D eigenvalue weighted by Gasteiger charge is 2.28. The van der Waals surface area contributed by atoms with Gasteiger partial charge in [0.25, 0.3) is 5.91 Å². The summed E-state index contributed by atoms with van der Waals surface area (Å²) in [7, 11) is 0. The second-order valence-corrected chi connectivity index (χ2v) is 3.15. The van der Waals surface area contributed by atoms with E-state index >= 15 is 0 Å². The third-order valence-electron chi connectivity index (χ3n) is 1.62. The Morgan fingerprint density at radius 3 is 2.56 bits per heavy atom. The molecule has 0 radical (unpaired) electrons. The molecule has 0 bridgehead atoms. The van der Waals surface area contributed by atoms with Crippen LogP contribution in [-0.4, -0.2) is 25.3 Å². The van der Waals surface area contributed by atoms with E-state index in [9.17, 15) is 22.4 Å². The van der Waals surface area contributed by atoms with Crippen LogP contribution in [0.5, 0.6) is 5.75 Å². The third kappa shape index (κ3) is 5.48. The Morgan fingerprint density at radius 1 is 1.28 bits per heavy atom. The predicted octanol–water partition coefficient (Wildman–Crippen LogP) is 1.81. The molecule has 0 heterocycles. The van der Waals surface area contributed by atoms with Crippen LogP contribution in [0.2, 0.25) is 0 Å². The van der Waals surface area contributed by atoms with Gasteiger partial charge in [-0.15, -0.1) is 0 Å². The summed E-state index contributed by atoms with van der Waals surface area (Å²) in [6.07, 6.45) is -4.54. The Bertz CT molecular complexity index is 408. The van der Waals surface area contributed by atoms with Crippen molar-refractivity contribution in [3.05, 3.63) is 30.1 Å². The number of amides is 1. The summed E-state index contributed by atoms with van der Waals surface area (Å²) in [6, 6.07) is 5.30.